The predicted molar refractivity (Wildman–Crippen MR) is 72.2 cm³/mol. The summed E-state index contributed by atoms with van der Waals surface area (Å²) in [6.07, 6.45) is 0.553. The van der Waals surface area contributed by atoms with Crippen LogP contribution in [0.4, 0.5) is 5.69 Å². The number of nitrogens with zero attached hydrogens (tertiary/aromatic N) is 1. The number of rotatable bonds is 4. The number of hydrogen-bond donors (Lipinski definition) is 2. The van der Waals surface area contributed by atoms with Gasteiger partial charge in [0.05, 0.1) is 11.4 Å². The van der Waals surface area contributed by atoms with Crippen molar-refractivity contribution in [1.29, 1.82) is 0 Å². The zero-order chi connectivity index (χ0) is 14.8. The Balaban J connectivity index is 2.20. The van der Waals surface area contributed by atoms with E-state index in [1.54, 1.807) is 12.1 Å². The van der Waals surface area contributed by atoms with Crippen LogP contribution in [0.5, 0.6) is 0 Å². The fraction of sp³-hybridized carbons (Fsp3) is 0.333. The van der Waals surface area contributed by atoms with Crippen LogP contribution < -0.4 is 9.62 Å². The van der Waals surface area contributed by atoms with Gasteiger partial charge in [0.15, 0.2) is 0 Å². The molecule has 1 aliphatic heterocycles. The molecule has 1 aromatic rings. The summed E-state index contributed by atoms with van der Waals surface area (Å²) in [5.41, 5.74) is 0.649. The van der Waals surface area contributed by atoms with Crippen LogP contribution in [-0.2, 0) is 14.8 Å². The zero-order valence-electron chi connectivity index (χ0n) is 10.6. The van der Waals surface area contributed by atoms with E-state index in [0.717, 1.165) is 0 Å². The van der Waals surface area contributed by atoms with Gasteiger partial charge in [-0.3, -0.25) is 13.9 Å². The highest BCUT2D eigenvalue weighted by molar-refractivity contribution is 7.93. The van der Waals surface area contributed by atoms with Gasteiger partial charge in [-0.25, -0.2) is 8.42 Å². The van der Waals surface area contributed by atoms with Gasteiger partial charge in [-0.1, -0.05) is 6.07 Å². The summed E-state index contributed by atoms with van der Waals surface area (Å²) in [5.74, 6) is -1.59. The van der Waals surface area contributed by atoms with Crippen LogP contribution in [0.2, 0.25) is 0 Å². The average molecular weight is 298 g/mol. The van der Waals surface area contributed by atoms with Crippen molar-refractivity contribution in [1.82, 2.24) is 5.32 Å². The Morgan fingerprint density at radius 1 is 1.35 bits per heavy atom. The van der Waals surface area contributed by atoms with Crippen LogP contribution in [0, 0.1) is 0 Å². The standard InChI is InChI=1S/C12H14N2O5S/c15-11(16)8-13-12(17)9-3-1-4-10(7-9)14-5-2-6-20(14,18)19/h1,3-4,7H,2,5-6,8H2,(H,13,17)(H,15,16). The molecule has 2 rings (SSSR count). The van der Waals surface area contributed by atoms with E-state index in [2.05, 4.69) is 5.32 Å². The molecule has 108 valence electrons. The number of nitrogens with one attached hydrogen (secondary N) is 1. The second kappa shape index (κ2) is 5.49. The van der Waals surface area contributed by atoms with Crippen molar-refractivity contribution in [3.05, 3.63) is 29.8 Å². The molecule has 0 aliphatic carbocycles. The van der Waals surface area contributed by atoms with Gasteiger partial charge in [0.2, 0.25) is 10.0 Å². The maximum Gasteiger partial charge on any atom is 0.322 e. The summed E-state index contributed by atoms with van der Waals surface area (Å²) in [4.78, 5) is 22.1. The second-order valence-electron chi connectivity index (χ2n) is 4.37. The van der Waals surface area contributed by atoms with E-state index in [1.165, 1.54) is 16.4 Å². The topological polar surface area (TPSA) is 104 Å². The number of benzene rings is 1. The minimum Gasteiger partial charge on any atom is -0.480 e. The number of carbonyl (C=O) groups is 2. The Bertz CT molecular complexity index is 641. The van der Waals surface area contributed by atoms with E-state index in [4.69, 9.17) is 5.11 Å². The molecular formula is C12H14N2O5S. The molecule has 8 heteroatoms. The molecule has 1 aromatic carbocycles. The first-order valence-electron chi connectivity index (χ1n) is 6.00. The molecular weight excluding hydrogens is 284 g/mol. The monoisotopic (exact) mass is 298 g/mol. The first-order chi connectivity index (χ1) is 9.40. The Labute approximate surface area is 116 Å². The fourth-order valence-electron chi connectivity index (χ4n) is 1.99. The summed E-state index contributed by atoms with van der Waals surface area (Å²) in [6.45, 7) is -0.0897. The molecule has 0 bridgehead atoms. The molecule has 1 aliphatic rings. The summed E-state index contributed by atoms with van der Waals surface area (Å²) < 4.78 is 24.9. The third-order valence-corrected chi connectivity index (χ3v) is 4.77. The van der Waals surface area contributed by atoms with Crippen molar-refractivity contribution in [3.63, 3.8) is 0 Å². The number of carboxylic acid groups (broad SMARTS) is 1. The Morgan fingerprint density at radius 3 is 2.70 bits per heavy atom. The first-order valence-corrected chi connectivity index (χ1v) is 7.61. The van der Waals surface area contributed by atoms with E-state index >= 15 is 0 Å². The van der Waals surface area contributed by atoms with E-state index in [-0.39, 0.29) is 11.3 Å². The van der Waals surface area contributed by atoms with Crippen LogP contribution in [0.1, 0.15) is 16.8 Å². The summed E-state index contributed by atoms with van der Waals surface area (Å²) in [7, 11) is -3.30. The zero-order valence-corrected chi connectivity index (χ0v) is 11.4. The van der Waals surface area contributed by atoms with Gasteiger partial charge in [0.1, 0.15) is 6.54 Å². The van der Waals surface area contributed by atoms with Crippen LogP contribution in [0.15, 0.2) is 24.3 Å². The van der Waals surface area contributed by atoms with Crippen molar-refractivity contribution in [2.75, 3.05) is 23.1 Å². The largest absolute Gasteiger partial charge is 0.480 e. The highest BCUT2D eigenvalue weighted by Gasteiger charge is 2.28. The van der Waals surface area contributed by atoms with Crippen molar-refractivity contribution in [3.8, 4) is 0 Å². The summed E-state index contributed by atoms with van der Waals surface area (Å²) in [5, 5.41) is 10.7. The molecule has 0 spiro atoms. The highest BCUT2D eigenvalue weighted by Crippen LogP contribution is 2.24. The number of carbonyl (C=O) groups excluding carboxylic acids is 1. The molecule has 0 radical (unpaired) electrons. The van der Waals surface area contributed by atoms with Crippen LogP contribution in [-0.4, -0.2) is 44.2 Å². The Morgan fingerprint density at radius 2 is 2.10 bits per heavy atom. The van der Waals surface area contributed by atoms with Gasteiger partial charge in [0, 0.05) is 12.1 Å². The number of hydrogen-bond acceptors (Lipinski definition) is 4. The van der Waals surface area contributed by atoms with Gasteiger partial charge in [-0.2, -0.15) is 0 Å². The number of anilines is 1. The first kappa shape index (κ1) is 14.3. The van der Waals surface area contributed by atoms with Crippen LogP contribution in [0.3, 0.4) is 0 Å². The number of carboxylic acids is 1. The van der Waals surface area contributed by atoms with Crippen molar-refractivity contribution < 1.29 is 23.1 Å². The van der Waals surface area contributed by atoms with Crippen LogP contribution >= 0.6 is 0 Å². The normalized spacial score (nSPS) is 16.9. The Kier molecular flexibility index (Phi) is 3.93. The van der Waals surface area contributed by atoms with Crippen molar-refractivity contribution in [2.24, 2.45) is 0 Å². The van der Waals surface area contributed by atoms with Gasteiger partial charge in [-0.15, -0.1) is 0 Å². The minimum atomic E-state index is -3.30. The summed E-state index contributed by atoms with van der Waals surface area (Å²) in [6, 6.07) is 6.12. The lowest BCUT2D eigenvalue weighted by atomic mass is 10.2. The number of sulfonamides is 1. The lowest BCUT2D eigenvalue weighted by Gasteiger charge is -2.17. The lowest BCUT2D eigenvalue weighted by Crippen LogP contribution is -2.30. The molecule has 0 atom stereocenters. The van der Waals surface area contributed by atoms with Crippen molar-refractivity contribution in [2.45, 2.75) is 6.42 Å². The van der Waals surface area contributed by atoms with Gasteiger partial charge >= 0.3 is 5.97 Å². The second-order valence-corrected chi connectivity index (χ2v) is 6.38. The average Bonchev–Trinajstić information content (AvgIpc) is 2.75. The van der Waals surface area contributed by atoms with Gasteiger partial charge in [0.25, 0.3) is 5.91 Å². The molecule has 2 N–H and O–H groups in total. The van der Waals surface area contributed by atoms with E-state index < -0.39 is 28.4 Å². The molecule has 0 saturated carbocycles. The maximum atomic E-state index is 11.8. The Hall–Kier alpha value is -2.09. The van der Waals surface area contributed by atoms with E-state index in [0.29, 0.717) is 18.7 Å². The molecule has 1 saturated heterocycles. The highest BCUT2D eigenvalue weighted by atomic mass is 32.2. The molecule has 1 fully saturated rings. The molecule has 20 heavy (non-hydrogen) atoms. The lowest BCUT2D eigenvalue weighted by molar-refractivity contribution is -0.135. The fourth-order valence-corrected chi connectivity index (χ4v) is 3.55. The predicted octanol–water partition coefficient (Wildman–Crippen LogP) is 0.0409. The number of amides is 1. The van der Waals surface area contributed by atoms with Gasteiger partial charge < -0.3 is 10.4 Å². The smallest absolute Gasteiger partial charge is 0.322 e. The number of aliphatic carboxylic acids is 1. The van der Waals surface area contributed by atoms with Crippen molar-refractivity contribution >= 4 is 27.6 Å². The molecule has 0 unspecified atom stereocenters. The maximum absolute atomic E-state index is 11.8. The molecule has 1 amide bonds. The van der Waals surface area contributed by atoms with Crippen LogP contribution in [0.25, 0.3) is 0 Å². The molecule has 7 nitrogen and oxygen atoms in total. The SMILES string of the molecule is O=C(O)CNC(=O)c1cccc(N2CCCS2(=O)=O)c1. The third kappa shape index (κ3) is 3.08. The van der Waals surface area contributed by atoms with E-state index in [9.17, 15) is 18.0 Å². The third-order valence-electron chi connectivity index (χ3n) is 2.90. The summed E-state index contributed by atoms with van der Waals surface area (Å²) >= 11 is 0. The minimum absolute atomic E-state index is 0.0996. The molecule has 1 heterocycles. The van der Waals surface area contributed by atoms with Gasteiger partial charge in [-0.05, 0) is 24.6 Å². The quantitative estimate of drug-likeness (QED) is 0.817. The molecule has 0 aromatic heterocycles. The van der Waals surface area contributed by atoms with E-state index in [1.807, 2.05) is 0 Å².